The molecular weight excluding hydrogens is 234 g/mol. The van der Waals surface area contributed by atoms with Crippen LogP contribution in [-0.4, -0.2) is 54.1 Å². The molecule has 1 saturated heterocycles. The lowest BCUT2D eigenvalue weighted by Crippen LogP contribution is -2.54. The fourth-order valence-corrected chi connectivity index (χ4v) is 3.68. The molecule has 0 bridgehead atoms. The Morgan fingerprint density at radius 3 is 2.11 bits per heavy atom. The molecule has 2 atom stereocenters. The van der Waals surface area contributed by atoms with Crippen molar-refractivity contribution in [3.63, 3.8) is 0 Å². The number of nitrogens with zero attached hydrogens (tertiary/aromatic N) is 2. The van der Waals surface area contributed by atoms with Crippen LogP contribution in [0.25, 0.3) is 0 Å². The second kappa shape index (κ2) is 5.34. The Hall–Kier alpha value is -0.120. The van der Waals surface area contributed by atoms with Crippen LogP contribution in [0.15, 0.2) is 0 Å². The van der Waals surface area contributed by atoms with E-state index >= 15 is 0 Å². The second-order valence-electron chi connectivity index (χ2n) is 8.27. The van der Waals surface area contributed by atoms with Crippen LogP contribution in [0.2, 0.25) is 0 Å². The minimum Gasteiger partial charge on any atom is -0.327 e. The van der Waals surface area contributed by atoms with E-state index in [0.29, 0.717) is 22.9 Å². The summed E-state index contributed by atoms with van der Waals surface area (Å²) >= 11 is 0. The van der Waals surface area contributed by atoms with E-state index in [1.165, 1.54) is 45.6 Å². The van der Waals surface area contributed by atoms with Gasteiger partial charge in [0.05, 0.1) is 0 Å². The second-order valence-corrected chi connectivity index (χ2v) is 8.27. The molecule has 19 heavy (non-hydrogen) atoms. The highest BCUT2D eigenvalue weighted by Gasteiger charge is 2.40. The molecule has 3 nitrogen and oxygen atoms in total. The summed E-state index contributed by atoms with van der Waals surface area (Å²) in [7, 11) is 0. The molecule has 2 unspecified atom stereocenters. The number of piperazine rings is 1. The monoisotopic (exact) mass is 267 g/mol. The molecule has 2 rings (SSSR count). The van der Waals surface area contributed by atoms with Crippen LogP contribution in [0, 0.1) is 11.3 Å². The lowest BCUT2D eigenvalue weighted by Gasteiger charge is -2.43. The first-order valence-electron chi connectivity index (χ1n) is 7.93. The molecule has 1 aliphatic carbocycles. The van der Waals surface area contributed by atoms with Crippen LogP contribution in [-0.2, 0) is 0 Å². The van der Waals surface area contributed by atoms with Crippen molar-refractivity contribution in [1.82, 2.24) is 9.80 Å². The molecule has 0 aromatic carbocycles. The topological polar surface area (TPSA) is 32.5 Å². The van der Waals surface area contributed by atoms with Gasteiger partial charge < -0.3 is 10.6 Å². The van der Waals surface area contributed by atoms with Crippen molar-refractivity contribution in [1.29, 1.82) is 0 Å². The average Bonchev–Trinajstić information content (AvgIpc) is 2.56. The normalized spacial score (nSPS) is 33.8. The quantitative estimate of drug-likeness (QED) is 0.832. The van der Waals surface area contributed by atoms with Crippen molar-refractivity contribution >= 4 is 0 Å². The van der Waals surface area contributed by atoms with Gasteiger partial charge in [0.15, 0.2) is 0 Å². The number of rotatable bonds is 2. The lowest BCUT2D eigenvalue weighted by molar-refractivity contribution is 0.0534. The molecule has 1 saturated carbocycles. The minimum absolute atomic E-state index is 0.317. The summed E-state index contributed by atoms with van der Waals surface area (Å²) in [6.45, 7) is 17.6. The van der Waals surface area contributed by atoms with E-state index in [4.69, 9.17) is 5.73 Å². The molecule has 0 spiro atoms. The average molecular weight is 267 g/mol. The zero-order chi connectivity index (χ0) is 14.3. The SMILES string of the molecule is CC1(C)CCC(CN2CCN(C(C)(C)C)CC2)C1N. The van der Waals surface area contributed by atoms with Crippen LogP contribution in [0.1, 0.15) is 47.5 Å². The van der Waals surface area contributed by atoms with Crippen molar-refractivity contribution in [2.24, 2.45) is 17.1 Å². The van der Waals surface area contributed by atoms with Gasteiger partial charge in [-0.05, 0) is 44.9 Å². The van der Waals surface area contributed by atoms with Crippen LogP contribution < -0.4 is 5.73 Å². The van der Waals surface area contributed by atoms with E-state index < -0.39 is 0 Å². The van der Waals surface area contributed by atoms with E-state index in [2.05, 4.69) is 44.4 Å². The van der Waals surface area contributed by atoms with E-state index in [9.17, 15) is 0 Å². The van der Waals surface area contributed by atoms with Gasteiger partial charge in [-0.3, -0.25) is 4.90 Å². The Labute approximate surface area is 119 Å². The molecule has 0 amide bonds. The largest absolute Gasteiger partial charge is 0.327 e. The predicted molar refractivity (Wildman–Crippen MR) is 82.2 cm³/mol. The summed E-state index contributed by atoms with van der Waals surface area (Å²) in [6.07, 6.45) is 2.61. The van der Waals surface area contributed by atoms with Gasteiger partial charge in [-0.15, -0.1) is 0 Å². The highest BCUT2D eigenvalue weighted by molar-refractivity contribution is 4.95. The first kappa shape index (κ1) is 15.3. The van der Waals surface area contributed by atoms with Crippen LogP contribution in [0.5, 0.6) is 0 Å². The van der Waals surface area contributed by atoms with Gasteiger partial charge in [-0.2, -0.15) is 0 Å². The van der Waals surface area contributed by atoms with Gasteiger partial charge >= 0.3 is 0 Å². The zero-order valence-electron chi connectivity index (χ0n) is 13.6. The van der Waals surface area contributed by atoms with Gasteiger partial charge in [0, 0.05) is 44.3 Å². The Bertz CT molecular complexity index is 298. The highest BCUT2D eigenvalue weighted by Crippen LogP contribution is 2.40. The van der Waals surface area contributed by atoms with E-state index in [1.54, 1.807) is 0 Å². The molecule has 0 aromatic heterocycles. The molecule has 1 heterocycles. The third-order valence-corrected chi connectivity index (χ3v) is 5.38. The van der Waals surface area contributed by atoms with Gasteiger partial charge in [0.1, 0.15) is 0 Å². The molecule has 112 valence electrons. The molecule has 2 aliphatic rings. The Morgan fingerprint density at radius 2 is 1.68 bits per heavy atom. The smallest absolute Gasteiger partial charge is 0.0131 e. The van der Waals surface area contributed by atoms with Crippen molar-refractivity contribution in [3.05, 3.63) is 0 Å². The summed E-state index contributed by atoms with van der Waals surface area (Å²) in [4.78, 5) is 5.23. The zero-order valence-corrected chi connectivity index (χ0v) is 13.6. The van der Waals surface area contributed by atoms with E-state index in [-0.39, 0.29) is 0 Å². The summed E-state index contributed by atoms with van der Waals surface area (Å²) in [6, 6.07) is 0.383. The van der Waals surface area contributed by atoms with E-state index in [1.807, 2.05) is 0 Å². The molecule has 2 N–H and O–H groups in total. The molecule has 0 aromatic rings. The fraction of sp³-hybridized carbons (Fsp3) is 1.00. The predicted octanol–water partition coefficient (Wildman–Crippen LogP) is 2.17. The Morgan fingerprint density at radius 1 is 1.11 bits per heavy atom. The maximum Gasteiger partial charge on any atom is 0.0131 e. The first-order chi connectivity index (χ1) is 8.70. The van der Waals surface area contributed by atoms with Crippen LogP contribution >= 0.6 is 0 Å². The Balaban J connectivity index is 1.81. The van der Waals surface area contributed by atoms with Crippen molar-refractivity contribution in [3.8, 4) is 0 Å². The molecule has 1 aliphatic heterocycles. The van der Waals surface area contributed by atoms with Gasteiger partial charge in [0.2, 0.25) is 0 Å². The molecule has 3 heteroatoms. The number of nitrogens with two attached hydrogens (primary N) is 1. The van der Waals surface area contributed by atoms with Crippen molar-refractivity contribution < 1.29 is 0 Å². The fourth-order valence-electron chi connectivity index (χ4n) is 3.68. The highest BCUT2D eigenvalue weighted by atomic mass is 15.3. The summed E-state index contributed by atoms with van der Waals surface area (Å²) in [5.74, 6) is 0.705. The molecular formula is C16H33N3. The molecule has 0 radical (unpaired) electrons. The Kier molecular flexibility index (Phi) is 4.29. The van der Waals surface area contributed by atoms with Gasteiger partial charge in [-0.1, -0.05) is 13.8 Å². The maximum absolute atomic E-state index is 6.43. The van der Waals surface area contributed by atoms with E-state index in [0.717, 1.165) is 0 Å². The lowest BCUT2D eigenvalue weighted by atomic mass is 9.85. The van der Waals surface area contributed by atoms with Gasteiger partial charge in [0.25, 0.3) is 0 Å². The number of hydrogen-bond acceptors (Lipinski definition) is 3. The van der Waals surface area contributed by atoms with Crippen molar-refractivity contribution in [2.75, 3.05) is 32.7 Å². The molecule has 2 fully saturated rings. The maximum atomic E-state index is 6.43. The first-order valence-corrected chi connectivity index (χ1v) is 7.93. The number of hydrogen-bond donors (Lipinski definition) is 1. The van der Waals surface area contributed by atoms with Crippen molar-refractivity contribution in [2.45, 2.75) is 59.0 Å². The summed E-state index contributed by atoms with van der Waals surface area (Å²) in [5, 5.41) is 0. The summed E-state index contributed by atoms with van der Waals surface area (Å²) < 4.78 is 0. The standard InChI is InChI=1S/C16H33N3/c1-15(2,3)19-10-8-18(9-11-19)12-13-6-7-16(4,5)14(13)17/h13-14H,6-12,17H2,1-5H3. The van der Waals surface area contributed by atoms with Crippen LogP contribution in [0.3, 0.4) is 0 Å². The minimum atomic E-state index is 0.317. The third kappa shape index (κ3) is 3.50. The summed E-state index contributed by atoms with van der Waals surface area (Å²) in [5.41, 5.74) is 7.10. The van der Waals surface area contributed by atoms with Gasteiger partial charge in [-0.25, -0.2) is 0 Å². The van der Waals surface area contributed by atoms with Crippen LogP contribution in [0.4, 0.5) is 0 Å². The third-order valence-electron chi connectivity index (χ3n) is 5.38.